The summed E-state index contributed by atoms with van der Waals surface area (Å²) in [7, 11) is 0. The van der Waals surface area contributed by atoms with Gasteiger partial charge in [-0.2, -0.15) is 0 Å². The predicted octanol–water partition coefficient (Wildman–Crippen LogP) is 13.1. The molecular formula is C44H86N2O4. The summed E-state index contributed by atoms with van der Waals surface area (Å²) in [6.45, 7) is 7.34. The summed E-state index contributed by atoms with van der Waals surface area (Å²) in [5.41, 5.74) is 11.0. The molecule has 0 aliphatic heterocycles. The van der Waals surface area contributed by atoms with Crippen LogP contribution in [0.3, 0.4) is 0 Å². The quantitative estimate of drug-likeness (QED) is 0.0286. The lowest BCUT2D eigenvalue weighted by Crippen LogP contribution is -2.37. The highest BCUT2D eigenvalue weighted by Crippen LogP contribution is 2.39. The summed E-state index contributed by atoms with van der Waals surface area (Å²) >= 11 is 0. The van der Waals surface area contributed by atoms with Gasteiger partial charge in [-0.3, -0.25) is 0 Å². The van der Waals surface area contributed by atoms with E-state index in [2.05, 4.69) is 32.9 Å². The minimum atomic E-state index is -0.802. The minimum Gasteiger partial charge on any atom is -0.330 e. The van der Waals surface area contributed by atoms with Crippen LogP contribution in [0.2, 0.25) is 0 Å². The summed E-state index contributed by atoms with van der Waals surface area (Å²) in [5.74, 6) is -1.02. The van der Waals surface area contributed by atoms with E-state index >= 15 is 0 Å². The lowest BCUT2D eigenvalue weighted by molar-refractivity contribution is -0.268. The second kappa shape index (κ2) is 37.4. The van der Waals surface area contributed by atoms with Crippen molar-refractivity contribution in [2.75, 3.05) is 6.54 Å². The normalized spacial score (nSPS) is 13.5. The fourth-order valence-electron chi connectivity index (χ4n) is 7.09. The highest BCUT2D eigenvalue weighted by molar-refractivity contribution is 5.79. The Morgan fingerprint density at radius 1 is 0.500 bits per heavy atom. The van der Waals surface area contributed by atoms with E-state index in [1.165, 1.54) is 135 Å². The maximum atomic E-state index is 13.9. The Morgan fingerprint density at radius 2 is 0.860 bits per heavy atom. The second-order valence-corrected chi connectivity index (χ2v) is 15.4. The van der Waals surface area contributed by atoms with Crippen molar-refractivity contribution in [2.45, 2.75) is 245 Å². The maximum absolute atomic E-state index is 13.9. The largest absolute Gasteiger partial charge is 0.372 e. The third-order valence-corrected chi connectivity index (χ3v) is 10.6. The monoisotopic (exact) mass is 707 g/mol. The van der Waals surface area contributed by atoms with Gasteiger partial charge in [0, 0.05) is 0 Å². The van der Waals surface area contributed by atoms with Crippen LogP contribution >= 0.6 is 0 Å². The Bertz CT molecular complexity index is 773. The molecule has 296 valence electrons. The summed E-state index contributed by atoms with van der Waals surface area (Å²) in [4.78, 5) is 37.1. The van der Waals surface area contributed by atoms with Gasteiger partial charge in [-0.25, -0.2) is 19.4 Å². The van der Waals surface area contributed by atoms with Gasteiger partial charge in [0.25, 0.3) is 0 Å². The molecule has 0 fully saturated rings. The number of carbonyl (C=O) groups excluding carboxylic acids is 2. The molecule has 50 heavy (non-hydrogen) atoms. The molecule has 0 aromatic rings. The van der Waals surface area contributed by atoms with Gasteiger partial charge in [-0.15, -0.1) is 0 Å². The average molecular weight is 707 g/mol. The van der Waals surface area contributed by atoms with E-state index in [0.29, 0.717) is 13.0 Å². The third-order valence-electron chi connectivity index (χ3n) is 10.6. The number of hydrogen-bond acceptors (Lipinski definition) is 6. The molecule has 0 saturated heterocycles. The smallest absolute Gasteiger partial charge is 0.330 e. The first-order valence-corrected chi connectivity index (χ1v) is 22.0. The molecule has 0 aliphatic carbocycles. The van der Waals surface area contributed by atoms with E-state index in [-0.39, 0.29) is 5.97 Å². The van der Waals surface area contributed by atoms with E-state index in [4.69, 9.17) is 21.2 Å². The van der Waals surface area contributed by atoms with Crippen LogP contribution in [0.15, 0.2) is 12.2 Å². The molecule has 0 saturated carbocycles. The average Bonchev–Trinajstić information content (AvgIpc) is 3.12. The molecule has 0 heterocycles. The SMILES string of the molecule is CCCCCCCC/C=C\CCCCCCC(CCCCCCCC)(CCCCCCCCCCCC)C(=O)OOC(=O)C(N)CCCCN. The minimum absolute atomic E-state index is 0.359. The molecule has 0 aromatic carbocycles. The van der Waals surface area contributed by atoms with Crippen LogP contribution in [-0.2, 0) is 19.4 Å². The summed E-state index contributed by atoms with van der Waals surface area (Å²) in [6.07, 6.45) is 43.8. The predicted molar refractivity (Wildman–Crippen MR) is 215 cm³/mol. The van der Waals surface area contributed by atoms with Crippen LogP contribution in [0.25, 0.3) is 0 Å². The molecule has 2 unspecified atom stereocenters. The van der Waals surface area contributed by atoms with Crippen molar-refractivity contribution in [1.82, 2.24) is 0 Å². The van der Waals surface area contributed by atoms with Crippen LogP contribution in [-0.4, -0.2) is 24.5 Å². The molecule has 0 bridgehead atoms. The van der Waals surface area contributed by atoms with E-state index in [1.54, 1.807) is 0 Å². The number of carbonyl (C=O) groups is 2. The second-order valence-electron chi connectivity index (χ2n) is 15.4. The van der Waals surface area contributed by atoms with E-state index in [0.717, 1.165) is 77.0 Å². The first kappa shape index (κ1) is 48.6. The van der Waals surface area contributed by atoms with Crippen molar-refractivity contribution < 1.29 is 19.4 Å². The number of rotatable bonds is 38. The third kappa shape index (κ3) is 29.2. The summed E-state index contributed by atoms with van der Waals surface area (Å²) < 4.78 is 0. The highest BCUT2D eigenvalue weighted by Gasteiger charge is 2.40. The molecule has 6 nitrogen and oxygen atoms in total. The zero-order valence-corrected chi connectivity index (χ0v) is 33.8. The van der Waals surface area contributed by atoms with Gasteiger partial charge >= 0.3 is 11.9 Å². The highest BCUT2D eigenvalue weighted by atomic mass is 17.2. The fraction of sp³-hybridized carbons (Fsp3) is 0.909. The fourth-order valence-corrected chi connectivity index (χ4v) is 7.09. The van der Waals surface area contributed by atoms with Gasteiger partial charge in [0.05, 0.1) is 5.41 Å². The van der Waals surface area contributed by atoms with Crippen LogP contribution in [0.1, 0.15) is 239 Å². The first-order chi connectivity index (χ1) is 24.5. The number of nitrogens with two attached hydrogens (primary N) is 2. The molecule has 0 rings (SSSR count). The Hall–Kier alpha value is -1.40. The zero-order valence-electron chi connectivity index (χ0n) is 33.8. The topological polar surface area (TPSA) is 105 Å². The molecule has 0 aromatic heterocycles. The number of allylic oxidation sites excluding steroid dienone is 2. The van der Waals surface area contributed by atoms with Crippen molar-refractivity contribution in [1.29, 1.82) is 0 Å². The molecule has 0 radical (unpaired) electrons. The van der Waals surface area contributed by atoms with Crippen molar-refractivity contribution in [2.24, 2.45) is 16.9 Å². The lowest BCUT2D eigenvalue weighted by atomic mass is 9.74. The molecule has 2 atom stereocenters. The standard InChI is InChI=1S/C44H86N2O4/c1-4-7-10-13-16-18-20-21-22-23-25-27-30-34-39-44(37-32-28-15-12-9-6-3,38-33-29-26-24-19-17-14-11-8-5-2)43(48)50-49-42(47)41(46)36-31-35-40-45/h21-22,41H,4-20,23-40,45-46H2,1-3H3/b22-21-. The maximum Gasteiger partial charge on any atom is 0.372 e. The molecule has 0 aliphatic rings. The van der Waals surface area contributed by atoms with Gasteiger partial charge in [0.15, 0.2) is 0 Å². The molecule has 6 heteroatoms. The van der Waals surface area contributed by atoms with Gasteiger partial charge < -0.3 is 11.5 Å². The van der Waals surface area contributed by atoms with Crippen molar-refractivity contribution >= 4 is 11.9 Å². The Balaban J connectivity index is 5.16. The van der Waals surface area contributed by atoms with Gasteiger partial charge in [0.2, 0.25) is 0 Å². The van der Waals surface area contributed by atoms with Crippen molar-refractivity contribution in [3.8, 4) is 0 Å². The molecular weight excluding hydrogens is 620 g/mol. The summed E-state index contributed by atoms with van der Waals surface area (Å²) in [5, 5.41) is 0. The van der Waals surface area contributed by atoms with E-state index in [1.807, 2.05) is 0 Å². The van der Waals surface area contributed by atoms with Crippen LogP contribution in [0.4, 0.5) is 0 Å². The first-order valence-electron chi connectivity index (χ1n) is 22.0. The van der Waals surface area contributed by atoms with Gasteiger partial charge in [-0.05, 0) is 64.3 Å². The lowest BCUT2D eigenvalue weighted by Gasteiger charge is -2.31. The van der Waals surface area contributed by atoms with Gasteiger partial charge in [-0.1, -0.05) is 193 Å². The van der Waals surface area contributed by atoms with E-state index < -0.39 is 17.4 Å². The zero-order chi connectivity index (χ0) is 36.8. The van der Waals surface area contributed by atoms with Crippen molar-refractivity contribution in [3.05, 3.63) is 12.2 Å². The Morgan fingerprint density at radius 3 is 1.24 bits per heavy atom. The van der Waals surface area contributed by atoms with Crippen LogP contribution in [0.5, 0.6) is 0 Å². The van der Waals surface area contributed by atoms with E-state index in [9.17, 15) is 9.59 Å². The summed E-state index contributed by atoms with van der Waals surface area (Å²) in [6, 6.07) is -0.802. The van der Waals surface area contributed by atoms with Gasteiger partial charge in [0.1, 0.15) is 6.04 Å². The number of hydrogen-bond donors (Lipinski definition) is 2. The molecule has 4 N–H and O–H groups in total. The number of unbranched alkanes of at least 4 members (excludes halogenated alkanes) is 25. The Labute approximate surface area is 311 Å². The van der Waals surface area contributed by atoms with Crippen molar-refractivity contribution in [3.63, 3.8) is 0 Å². The van der Waals surface area contributed by atoms with Crippen LogP contribution in [0, 0.1) is 5.41 Å². The Kier molecular flexibility index (Phi) is 36.3. The molecule has 0 spiro atoms. The molecule has 0 amide bonds. The van der Waals surface area contributed by atoms with Crippen LogP contribution < -0.4 is 11.5 Å².